The van der Waals surface area contributed by atoms with Gasteiger partial charge in [-0.1, -0.05) is 0 Å². The van der Waals surface area contributed by atoms with Crippen LogP contribution in [0.2, 0.25) is 0 Å². The summed E-state index contributed by atoms with van der Waals surface area (Å²) in [6.07, 6.45) is -5.10. The first kappa shape index (κ1) is 27.0. The van der Waals surface area contributed by atoms with Crippen molar-refractivity contribution < 1.29 is 39.9 Å². The molecule has 0 spiro atoms. The average molecular weight is 597 g/mol. The van der Waals surface area contributed by atoms with Crippen LogP contribution in [0, 0.1) is 11.6 Å². The normalized spacial score (nSPS) is 16.9. The van der Waals surface area contributed by atoms with E-state index in [1.54, 1.807) is 12.1 Å². The summed E-state index contributed by atoms with van der Waals surface area (Å²) in [5.74, 6) is -10.7. The number of hydrogen-bond acceptors (Lipinski definition) is 3. The molecule has 1 aliphatic rings. The molecule has 1 N–H and O–H groups in total. The van der Waals surface area contributed by atoms with Crippen molar-refractivity contribution in [2.24, 2.45) is 0 Å². The van der Waals surface area contributed by atoms with E-state index in [0.29, 0.717) is 10.5 Å². The molecule has 1 amide bonds. The highest BCUT2D eigenvalue weighted by atomic mass is 79.9. The smallest absolute Gasteiger partial charge is 0.290 e. The van der Waals surface area contributed by atoms with Crippen LogP contribution in [0.5, 0.6) is 0 Å². The van der Waals surface area contributed by atoms with Crippen LogP contribution in [0.1, 0.15) is 53.5 Å². The van der Waals surface area contributed by atoms with E-state index in [2.05, 4.69) is 31.3 Å². The second kappa shape index (κ2) is 10.0. The Morgan fingerprint density at radius 2 is 1.70 bits per heavy atom. The van der Waals surface area contributed by atoms with E-state index in [1.165, 1.54) is 6.20 Å². The summed E-state index contributed by atoms with van der Waals surface area (Å²) < 4.78 is 113. The number of carbonyl (C=O) groups excluding carboxylic acids is 1. The molecule has 3 aromatic rings. The molecule has 1 atom stereocenters. The molecule has 4 rings (SSSR count). The molecule has 198 valence electrons. The van der Waals surface area contributed by atoms with Gasteiger partial charge < -0.3 is 5.32 Å². The van der Waals surface area contributed by atoms with Crippen molar-refractivity contribution in [1.29, 1.82) is 0 Å². The van der Waals surface area contributed by atoms with Crippen molar-refractivity contribution in [3.8, 4) is 0 Å². The standard InChI is InChI=1S/C23H17BrF8N4O/c24-14-2-1-5-33-18(14)15(8-11-6-12(25)9-13(26)7-11)34-16(37)10-36-20-17(19(35-36)21(27)28)22(29,30)3-4-23(20,31)32/h1-2,5-7,9,15,21H,3-4,8,10H2,(H,34,37). The minimum absolute atomic E-state index is 0.114. The quantitative estimate of drug-likeness (QED) is 0.324. The highest BCUT2D eigenvalue weighted by Crippen LogP contribution is 2.52. The number of nitrogens with one attached hydrogen (secondary N) is 1. The van der Waals surface area contributed by atoms with Gasteiger partial charge >= 0.3 is 0 Å². The van der Waals surface area contributed by atoms with Crippen molar-refractivity contribution in [2.75, 3.05) is 0 Å². The minimum Gasteiger partial charge on any atom is -0.346 e. The van der Waals surface area contributed by atoms with E-state index in [-0.39, 0.29) is 22.4 Å². The van der Waals surface area contributed by atoms with Crippen LogP contribution in [0.25, 0.3) is 0 Å². The predicted octanol–water partition coefficient (Wildman–Crippen LogP) is 6.33. The zero-order chi connectivity index (χ0) is 27.1. The molecular weight excluding hydrogens is 580 g/mol. The van der Waals surface area contributed by atoms with Crippen molar-refractivity contribution in [3.63, 3.8) is 0 Å². The Bertz CT molecular complexity index is 1310. The zero-order valence-electron chi connectivity index (χ0n) is 18.6. The van der Waals surface area contributed by atoms with Crippen LogP contribution in [-0.2, 0) is 29.6 Å². The van der Waals surface area contributed by atoms with Crippen LogP contribution in [0.3, 0.4) is 0 Å². The van der Waals surface area contributed by atoms with Crippen LogP contribution >= 0.6 is 15.9 Å². The average Bonchev–Trinajstić information content (AvgIpc) is 3.18. The molecule has 5 nitrogen and oxygen atoms in total. The maximum absolute atomic E-state index is 14.6. The van der Waals surface area contributed by atoms with Gasteiger partial charge in [0.25, 0.3) is 18.3 Å². The van der Waals surface area contributed by atoms with Gasteiger partial charge in [-0.25, -0.2) is 26.3 Å². The maximum Gasteiger partial charge on any atom is 0.290 e. The third kappa shape index (κ3) is 5.63. The topological polar surface area (TPSA) is 59.8 Å². The molecule has 37 heavy (non-hydrogen) atoms. The van der Waals surface area contributed by atoms with Crippen molar-refractivity contribution in [2.45, 2.75) is 50.1 Å². The summed E-state index contributed by atoms with van der Waals surface area (Å²) in [5, 5.41) is 5.70. The molecule has 2 aromatic heterocycles. The van der Waals surface area contributed by atoms with E-state index in [0.717, 1.165) is 12.1 Å². The number of aromatic nitrogens is 3. The number of fused-ring (bicyclic) bond motifs is 1. The second-order valence-corrected chi connectivity index (χ2v) is 9.30. The first-order valence-corrected chi connectivity index (χ1v) is 11.6. The number of rotatable bonds is 7. The van der Waals surface area contributed by atoms with Gasteiger partial charge in [-0.3, -0.25) is 14.5 Å². The molecule has 0 fully saturated rings. The fourth-order valence-electron chi connectivity index (χ4n) is 4.25. The maximum atomic E-state index is 14.6. The first-order chi connectivity index (χ1) is 17.3. The molecule has 0 aliphatic heterocycles. The van der Waals surface area contributed by atoms with Gasteiger partial charge in [0.05, 0.1) is 17.3 Å². The van der Waals surface area contributed by atoms with Gasteiger partial charge in [0.15, 0.2) is 0 Å². The molecule has 0 radical (unpaired) electrons. The lowest BCUT2D eigenvalue weighted by molar-refractivity contribution is -0.123. The van der Waals surface area contributed by atoms with Crippen LogP contribution < -0.4 is 5.32 Å². The van der Waals surface area contributed by atoms with Crippen molar-refractivity contribution >= 4 is 21.8 Å². The second-order valence-electron chi connectivity index (χ2n) is 8.45. The minimum atomic E-state index is -3.99. The summed E-state index contributed by atoms with van der Waals surface area (Å²) in [6, 6.07) is 4.71. The van der Waals surface area contributed by atoms with Crippen LogP contribution in [0.4, 0.5) is 35.1 Å². The Labute approximate surface area is 213 Å². The molecule has 1 aliphatic carbocycles. The Hall–Kier alpha value is -3.03. The summed E-state index contributed by atoms with van der Waals surface area (Å²) >= 11 is 3.25. The molecule has 2 heterocycles. The van der Waals surface area contributed by atoms with Gasteiger partial charge in [-0.2, -0.15) is 13.9 Å². The Morgan fingerprint density at radius 1 is 1.05 bits per heavy atom. The molecule has 0 saturated carbocycles. The number of hydrogen-bond donors (Lipinski definition) is 1. The number of carbonyl (C=O) groups is 1. The Morgan fingerprint density at radius 3 is 2.32 bits per heavy atom. The van der Waals surface area contributed by atoms with Crippen molar-refractivity contribution in [3.05, 3.63) is 80.8 Å². The SMILES string of the molecule is O=C(Cn1nc(C(F)F)c2c1C(F)(F)CCC2(F)F)NC(Cc1cc(F)cc(F)c1)c1ncccc1Br. The lowest BCUT2D eigenvalue weighted by Crippen LogP contribution is -2.37. The van der Waals surface area contributed by atoms with Crippen LogP contribution in [0.15, 0.2) is 41.0 Å². The summed E-state index contributed by atoms with van der Waals surface area (Å²) in [5.41, 5.74) is -4.23. The van der Waals surface area contributed by atoms with Gasteiger partial charge in [0.2, 0.25) is 5.91 Å². The summed E-state index contributed by atoms with van der Waals surface area (Å²) in [7, 11) is 0. The lowest BCUT2D eigenvalue weighted by Gasteiger charge is -2.29. The van der Waals surface area contributed by atoms with E-state index >= 15 is 0 Å². The number of benzene rings is 1. The zero-order valence-corrected chi connectivity index (χ0v) is 20.2. The highest BCUT2D eigenvalue weighted by Gasteiger charge is 2.55. The van der Waals surface area contributed by atoms with E-state index in [1.807, 2.05) is 0 Å². The van der Waals surface area contributed by atoms with E-state index in [4.69, 9.17) is 0 Å². The number of amides is 1. The molecule has 0 bridgehead atoms. The van der Waals surface area contributed by atoms with Gasteiger partial charge in [0, 0.05) is 29.6 Å². The molecule has 0 saturated heterocycles. The summed E-state index contributed by atoms with van der Waals surface area (Å²) in [4.78, 5) is 17.0. The summed E-state index contributed by atoms with van der Waals surface area (Å²) in [6.45, 7) is -1.10. The third-order valence-electron chi connectivity index (χ3n) is 5.76. The predicted molar refractivity (Wildman–Crippen MR) is 117 cm³/mol. The van der Waals surface area contributed by atoms with Gasteiger partial charge in [0.1, 0.15) is 29.6 Å². The molecule has 1 aromatic carbocycles. The monoisotopic (exact) mass is 596 g/mol. The van der Waals surface area contributed by atoms with Gasteiger partial charge in [-0.15, -0.1) is 0 Å². The Balaban J connectivity index is 1.68. The van der Waals surface area contributed by atoms with E-state index < -0.39 is 78.2 Å². The number of nitrogens with zero attached hydrogens (tertiary/aromatic N) is 3. The Kier molecular flexibility index (Phi) is 7.32. The fourth-order valence-corrected chi connectivity index (χ4v) is 4.78. The van der Waals surface area contributed by atoms with E-state index in [9.17, 15) is 39.9 Å². The number of alkyl halides is 6. The highest BCUT2D eigenvalue weighted by molar-refractivity contribution is 9.10. The molecule has 14 heteroatoms. The number of halogens is 9. The van der Waals surface area contributed by atoms with Gasteiger partial charge in [-0.05, 0) is 52.2 Å². The first-order valence-electron chi connectivity index (χ1n) is 10.8. The fraction of sp³-hybridized carbons (Fsp3) is 0.348. The third-order valence-corrected chi connectivity index (χ3v) is 6.43. The lowest BCUT2D eigenvalue weighted by atomic mass is 9.89. The largest absolute Gasteiger partial charge is 0.346 e. The molecule has 1 unspecified atom stereocenters. The van der Waals surface area contributed by atoms with Crippen LogP contribution in [-0.4, -0.2) is 20.7 Å². The van der Waals surface area contributed by atoms with Crippen molar-refractivity contribution in [1.82, 2.24) is 20.1 Å². The molecular formula is C23H17BrF8N4O. The number of pyridine rings is 1.